The van der Waals surface area contributed by atoms with Gasteiger partial charge in [0.05, 0.1) is 11.5 Å². The number of carbonyl (C=O) groups is 1. The fourth-order valence-corrected chi connectivity index (χ4v) is 4.50. The SMILES string of the molecule is CN=C(NCc1cccc(NC(=O)CC(C)C)c1)NC1CCS(=O)(=O)C1.I. The Morgan fingerprint density at radius 3 is 2.67 bits per heavy atom. The quantitative estimate of drug-likeness (QED) is 0.311. The number of carbonyl (C=O) groups excluding carboxylic acids is 1. The molecule has 1 aromatic carbocycles. The summed E-state index contributed by atoms with van der Waals surface area (Å²) in [6.07, 6.45) is 1.09. The van der Waals surface area contributed by atoms with E-state index in [-0.39, 0.29) is 47.4 Å². The zero-order valence-electron chi connectivity index (χ0n) is 16.0. The maximum Gasteiger partial charge on any atom is 0.224 e. The normalized spacial score (nSPS) is 18.7. The molecular formula is C18H29IN4O3S. The van der Waals surface area contributed by atoms with Gasteiger partial charge in [0.2, 0.25) is 5.91 Å². The molecule has 0 bridgehead atoms. The number of nitrogens with zero attached hydrogens (tertiary/aromatic N) is 1. The number of aliphatic imine (C=N–C) groups is 1. The number of hydrogen-bond acceptors (Lipinski definition) is 4. The van der Waals surface area contributed by atoms with Crippen molar-refractivity contribution >= 4 is 51.4 Å². The van der Waals surface area contributed by atoms with Crippen molar-refractivity contribution in [2.45, 2.75) is 39.3 Å². The molecule has 3 N–H and O–H groups in total. The fourth-order valence-electron chi connectivity index (χ4n) is 2.82. The Labute approximate surface area is 178 Å². The van der Waals surface area contributed by atoms with Crippen LogP contribution < -0.4 is 16.0 Å². The van der Waals surface area contributed by atoms with Crippen LogP contribution in [-0.2, 0) is 21.2 Å². The Hall–Kier alpha value is -1.36. The molecular weight excluding hydrogens is 479 g/mol. The molecule has 1 saturated heterocycles. The summed E-state index contributed by atoms with van der Waals surface area (Å²) in [5.41, 5.74) is 1.76. The number of sulfone groups is 1. The number of rotatable bonds is 6. The van der Waals surface area contributed by atoms with Crippen molar-refractivity contribution in [2.24, 2.45) is 10.9 Å². The van der Waals surface area contributed by atoms with Gasteiger partial charge >= 0.3 is 0 Å². The number of amides is 1. The summed E-state index contributed by atoms with van der Waals surface area (Å²) >= 11 is 0. The van der Waals surface area contributed by atoms with Gasteiger partial charge in [-0.25, -0.2) is 8.42 Å². The van der Waals surface area contributed by atoms with Gasteiger partial charge in [-0.05, 0) is 30.0 Å². The molecule has 1 amide bonds. The van der Waals surface area contributed by atoms with Gasteiger partial charge in [0, 0.05) is 31.7 Å². The highest BCUT2D eigenvalue weighted by Gasteiger charge is 2.28. The average molecular weight is 508 g/mol. The molecule has 1 aromatic rings. The molecule has 0 aliphatic carbocycles. The molecule has 2 rings (SSSR count). The van der Waals surface area contributed by atoms with Crippen LogP contribution in [0.2, 0.25) is 0 Å². The van der Waals surface area contributed by atoms with Gasteiger partial charge in [-0.2, -0.15) is 0 Å². The zero-order chi connectivity index (χ0) is 19.2. The summed E-state index contributed by atoms with van der Waals surface area (Å²) in [4.78, 5) is 16.0. The maximum absolute atomic E-state index is 11.9. The first-order valence-electron chi connectivity index (χ1n) is 8.84. The third-order valence-electron chi connectivity index (χ3n) is 4.06. The van der Waals surface area contributed by atoms with Crippen molar-refractivity contribution in [1.82, 2.24) is 10.6 Å². The minimum atomic E-state index is -2.93. The van der Waals surface area contributed by atoms with Crippen molar-refractivity contribution in [3.05, 3.63) is 29.8 Å². The van der Waals surface area contributed by atoms with Crippen LogP contribution in [0.1, 0.15) is 32.3 Å². The predicted molar refractivity (Wildman–Crippen MR) is 120 cm³/mol. The van der Waals surface area contributed by atoms with Crippen LogP contribution >= 0.6 is 24.0 Å². The van der Waals surface area contributed by atoms with Gasteiger partial charge in [-0.1, -0.05) is 26.0 Å². The Kier molecular flexibility index (Phi) is 9.51. The number of nitrogens with one attached hydrogen (secondary N) is 3. The number of guanidine groups is 1. The van der Waals surface area contributed by atoms with E-state index in [0.717, 1.165) is 11.3 Å². The zero-order valence-corrected chi connectivity index (χ0v) is 19.1. The van der Waals surface area contributed by atoms with Crippen molar-refractivity contribution < 1.29 is 13.2 Å². The lowest BCUT2D eigenvalue weighted by Crippen LogP contribution is -2.43. The third-order valence-corrected chi connectivity index (χ3v) is 5.83. The number of hydrogen-bond donors (Lipinski definition) is 3. The summed E-state index contributed by atoms with van der Waals surface area (Å²) in [7, 11) is -1.27. The first kappa shape index (κ1) is 23.7. The summed E-state index contributed by atoms with van der Waals surface area (Å²) in [6, 6.07) is 7.52. The lowest BCUT2D eigenvalue weighted by Gasteiger charge is -2.16. The van der Waals surface area contributed by atoms with E-state index in [1.807, 2.05) is 38.1 Å². The van der Waals surface area contributed by atoms with E-state index in [1.54, 1.807) is 7.05 Å². The van der Waals surface area contributed by atoms with Gasteiger partial charge in [-0.3, -0.25) is 9.79 Å². The van der Waals surface area contributed by atoms with Crippen molar-refractivity contribution in [1.29, 1.82) is 0 Å². The van der Waals surface area contributed by atoms with Crippen LogP contribution in [0.3, 0.4) is 0 Å². The Balaban J connectivity index is 0.00000364. The molecule has 0 saturated carbocycles. The monoisotopic (exact) mass is 508 g/mol. The van der Waals surface area contributed by atoms with Gasteiger partial charge in [0.25, 0.3) is 0 Å². The van der Waals surface area contributed by atoms with Crippen LogP contribution in [0.25, 0.3) is 0 Å². The van der Waals surface area contributed by atoms with Crippen LogP contribution in [0.5, 0.6) is 0 Å². The summed E-state index contributed by atoms with van der Waals surface area (Å²) in [5, 5.41) is 9.24. The number of benzene rings is 1. The van der Waals surface area contributed by atoms with E-state index in [0.29, 0.717) is 31.3 Å². The van der Waals surface area contributed by atoms with Gasteiger partial charge < -0.3 is 16.0 Å². The predicted octanol–water partition coefficient (Wildman–Crippen LogP) is 2.14. The molecule has 1 atom stereocenters. The molecule has 7 nitrogen and oxygen atoms in total. The molecule has 1 aliphatic heterocycles. The van der Waals surface area contributed by atoms with E-state index in [1.165, 1.54) is 0 Å². The topological polar surface area (TPSA) is 99.7 Å². The number of anilines is 1. The Bertz CT molecular complexity index is 766. The maximum atomic E-state index is 11.9. The van der Waals surface area contributed by atoms with Crippen molar-refractivity contribution in [3.63, 3.8) is 0 Å². The largest absolute Gasteiger partial charge is 0.353 e. The molecule has 152 valence electrons. The summed E-state index contributed by atoms with van der Waals surface area (Å²) in [5.74, 6) is 1.25. The molecule has 1 unspecified atom stereocenters. The fraction of sp³-hybridized carbons (Fsp3) is 0.556. The van der Waals surface area contributed by atoms with Crippen LogP contribution in [-0.4, -0.2) is 44.9 Å². The van der Waals surface area contributed by atoms with E-state index in [4.69, 9.17) is 0 Å². The standard InChI is InChI=1S/C18H28N4O3S.HI/c1-13(2)9-17(23)21-15-6-4-5-14(10-15)11-20-18(19-3)22-16-7-8-26(24,25)12-16;/h4-6,10,13,16H,7-9,11-12H2,1-3H3,(H,21,23)(H2,19,20,22);1H. The van der Waals surface area contributed by atoms with E-state index >= 15 is 0 Å². The first-order valence-corrected chi connectivity index (χ1v) is 10.7. The van der Waals surface area contributed by atoms with Crippen LogP contribution in [0.15, 0.2) is 29.3 Å². The highest BCUT2D eigenvalue weighted by Crippen LogP contribution is 2.13. The lowest BCUT2D eigenvalue weighted by atomic mass is 10.1. The van der Waals surface area contributed by atoms with Crippen molar-refractivity contribution in [3.8, 4) is 0 Å². The molecule has 1 heterocycles. The Morgan fingerprint density at radius 1 is 1.33 bits per heavy atom. The lowest BCUT2D eigenvalue weighted by molar-refractivity contribution is -0.116. The third kappa shape index (κ3) is 8.46. The molecule has 1 aliphatic rings. The van der Waals surface area contributed by atoms with E-state index < -0.39 is 9.84 Å². The first-order chi connectivity index (χ1) is 12.3. The average Bonchev–Trinajstić information content (AvgIpc) is 2.89. The minimum absolute atomic E-state index is 0. The molecule has 9 heteroatoms. The van der Waals surface area contributed by atoms with E-state index in [2.05, 4.69) is 20.9 Å². The molecule has 0 spiro atoms. The second kappa shape index (κ2) is 10.8. The highest BCUT2D eigenvalue weighted by molar-refractivity contribution is 14.0. The van der Waals surface area contributed by atoms with Gasteiger partial charge in [0.15, 0.2) is 15.8 Å². The highest BCUT2D eigenvalue weighted by atomic mass is 127. The second-order valence-electron chi connectivity index (χ2n) is 7.02. The minimum Gasteiger partial charge on any atom is -0.353 e. The van der Waals surface area contributed by atoms with Gasteiger partial charge in [-0.15, -0.1) is 24.0 Å². The van der Waals surface area contributed by atoms with Crippen molar-refractivity contribution in [2.75, 3.05) is 23.9 Å². The molecule has 0 aromatic heterocycles. The molecule has 1 fully saturated rings. The second-order valence-corrected chi connectivity index (χ2v) is 9.25. The Morgan fingerprint density at radius 2 is 2.07 bits per heavy atom. The van der Waals surface area contributed by atoms with Crippen LogP contribution in [0.4, 0.5) is 5.69 Å². The summed E-state index contributed by atoms with van der Waals surface area (Å²) < 4.78 is 23.1. The molecule has 0 radical (unpaired) electrons. The van der Waals surface area contributed by atoms with Crippen LogP contribution in [0, 0.1) is 5.92 Å². The number of halogens is 1. The smallest absolute Gasteiger partial charge is 0.224 e. The summed E-state index contributed by atoms with van der Waals surface area (Å²) in [6.45, 7) is 4.54. The molecule has 27 heavy (non-hydrogen) atoms. The van der Waals surface area contributed by atoms with Gasteiger partial charge in [0.1, 0.15) is 0 Å². The van der Waals surface area contributed by atoms with E-state index in [9.17, 15) is 13.2 Å².